The number of hydrogen-bond donors (Lipinski definition) is 0. The molecule has 0 radical (unpaired) electrons. The van der Waals surface area contributed by atoms with E-state index in [4.69, 9.17) is 0 Å². The molecular weight excluding hydrogens is 667 g/mol. The molecule has 9 aromatic carbocycles. The highest BCUT2D eigenvalue weighted by Gasteiger charge is 2.22. The van der Waals surface area contributed by atoms with E-state index in [0.29, 0.717) is 0 Å². The van der Waals surface area contributed by atoms with E-state index in [1.54, 1.807) is 0 Å². The van der Waals surface area contributed by atoms with E-state index in [9.17, 15) is 0 Å². The molecule has 0 atom stereocenters. The Hall–Kier alpha value is -7.36. The Morgan fingerprint density at radius 1 is 0.309 bits per heavy atom. The van der Waals surface area contributed by atoms with Gasteiger partial charge in [0.2, 0.25) is 0 Å². The van der Waals surface area contributed by atoms with Crippen LogP contribution >= 0.6 is 0 Å². The van der Waals surface area contributed by atoms with Crippen molar-refractivity contribution in [3.05, 3.63) is 212 Å². The van der Waals surface area contributed by atoms with Crippen LogP contribution in [-0.2, 0) is 0 Å². The monoisotopic (exact) mass is 701 g/mol. The van der Waals surface area contributed by atoms with E-state index in [2.05, 4.69) is 226 Å². The Morgan fingerprint density at radius 2 is 0.782 bits per heavy atom. The topological polar surface area (TPSA) is 13.1 Å². The van der Waals surface area contributed by atoms with Crippen LogP contribution in [0.4, 0.5) is 17.1 Å². The zero-order chi connectivity index (χ0) is 36.3. The third kappa shape index (κ3) is 4.98. The first-order valence-electron chi connectivity index (χ1n) is 18.9. The van der Waals surface area contributed by atoms with E-state index >= 15 is 0 Å². The van der Waals surface area contributed by atoms with E-state index < -0.39 is 0 Å². The highest BCUT2D eigenvalue weighted by Crippen LogP contribution is 2.44. The van der Waals surface area contributed by atoms with Crippen molar-refractivity contribution in [3.63, 3.8) is 0 Å². The molecule has 0 aliphatic rings. The van der Waals surface area contributed by atoms with Crippen LogP contribution in [0.2, 0.25) is 0 Å². The molecule has 11 rings (SSSR count). The van der Waals surface area contributed by atoms with E-state index in [-0.39, 0.29) is 0 Å². The van der Waals surface area contributed by atoms with Gasteiger partial charge in [-0.15, -0.1) is 0 Å². The van der Waals surface area contributed by atoms with Crippen LogP contribution in [-0.4, -0.2) is 9.13 Å². The molecule has 2 aromatic heterocycles. The first kappa shape index (κ1) is 31.2. The molecule has 0 bridgehead atoms. The molecule has 11 aromatic rings. The van der Waals surface area contributed by atoms with Crippen LogP contribution in [0.5, 0.6) is 0 Å². The predicted molar refractivity (Wildman–Crippen MR) is 233 cm³/mol. The first-order chi connectivity index (χ1) is 27.3. The summed E-state index contributed by atoms with van der Waals surface area (Å²) in [6.07, 6.45) is 0. The van der Waals surface area contributed by atoms with Crippen molar-refractivity contribution < 1.29 is 0 Å². The standard InChI is InChI=1S/C52H35N3/c1-2-16-38(17-3-1)55-50-26-11-8-21-46(50)47-23-13-27-51(52(47)55)53(39-30-28-37(29-31-39)43-22-12-15-36-14-4-5-18-42(36)43)40-32-34-41(35-33-40)54-48-24-9-6-19-44(48)45-20-7-10-25-49(45)54/h1-35H. The fourth-order valence-electron chi connectivity index (χ4n) is 8.67. The maximum Gasteiger partial charge on any atom is 0.0782 e. The number of fused-ring (bicyclic) bond motifs is 7. The number of anilines is 3. The van der Waals surface area contributed by atoms with E-state index in [0.717, 1.165) is 28.4 Å². The average molecular weight is 702 g/mol. The lowest BCUT2D eigenvalue weighted by atomic mass is 9.98. The Morgan fingerprint density at radius 3 is 1.45 bits per heavy atom. The summed E-state index contributed by atoms with van der Waals surface area (Å²) in [5.41, 5.74) is 12.7. The molecule has 0 unspecified atom stereocenters. The van der Waals surface area contributed by atoms with Crippen LogP contribution in [0, 0.1) is 0 Å². The fourth-order valence-corrected chi connectivity index (χ4v) is 8.67. The molecule has 3 nitrogen and oxygen atoms in total. The number of aromatic nitrogens is 2. The molecular formula is C52H35N3. The molecule has 2 heterocycles. The van der Waals surface area contributed by atoms with E-state index in [1.165, 1.54) is 65.5 Å². The largest absolute Gasteiger partial charge is 0.309 e. The normalized spacial score (nSPS) is 11.6. The van der Waals surface area contributed by atoms with Crippen LogP contribution < -0.4 is 4.90 Å². The van der Waals surface area contributed by atoms with Crippen molar-refractivity contribution in [2.24, 2.45) is 0 Å². The van der Waals surface area contributed by atoms with Crippen LogP contribution in [0.1, 0.15) is 0 Å². The lowest BCUT2D eigenvalue weighted by molar-refractivity contribution is 1.16. The molecule has 3 heteroatoms. The van der Waals surface area contributed by atoms with Gasteiger partial charge < -0.3 is 14.0 Å². The maximum absolute atomic E-state index is 2.42. The average Bonchev–Trinajstić information content (AvgIpc) is 3.78. The lowest BCUT2D eigenvalue weighted by Crippen LogP contribution is -2.12. The maximum atomic E-state index is 2.42. The number of hydrogen-bond acceptors (Lipinski definition) is 1. The van der Waals surface area contributed by atoms with Gasteiger partial charge in [-0.1, -0.05) is 140 Å². The highest BCUT2D eigenvalue weighted by atomic mass is 15.2. The molecule has 0 spiro atoms. The van der Waals surface area contributed by atoms with Crippen LogP contribution in [0.3, 0.4) is 0 Å². The van der Waals surface area contributed by atoms with Crippen molar-refractivity contribution in [1.29, 1.82) is 0 Å². The second-order valence-electron chi connectivity index (χ2n) is 14.2. The molecule has 0 fully saturated rings. The molecule has 55 heavy (non-hydrogen) atoms. The van der Waals surface area contributed by atoms with Gasteiger partial charge in [0.25, 0.3) is 0 Å². The number of para-hydroxylation sites is 5. The Labute approximate surface area is 319 Å². The van der Waals surface area contributed by atoms with Gasteiger partial charge in [0.15, 0.2) is 0 Å². The summed E-state index contributed by atoms with van der Waals surface area (Å²) >= 11 is 0. The zero-order valence-corrected chi connectivity index (χ0v) is 30.0. The summed E-state index contributed by atoms with van der Waals surface area (Å²) < 4.78 is 4.80. The van der Waals surface area contributed by atoms with Crippen molar-refractivity contribution in [1.82, 2.24) is 9.13 Å². The van der Waals surface area contributed by atoms with Crippen molar-refractivity contribution in [2.75, 3.05) is 4.90 Å². The summed E-state index contributed by atoms with van der Waals surface area (Å²) in [4.78, 5) is 2.42. The van der Waals surface area contributed by atoms with Crippen molar-refractivity contribution in [2.45, 2.75) is 0 Å². The third-order valence-electron chi connectivity index (χ3n) is 11.1. The highest BCUT2D eigenvalue weighted by molar-refractivity contribution is 6.14. The Balaban J connectivity index is 1.13. The smallest absolute Gasteiger partial charge is 0.0782 e. The third-order valence-corrected chi connectivity index (χ3v) is 11.1. The minimum Gasteiger partial charge on any atom is -0.309 e. The summed E-state index contributed by atoms with van der Waals surface area (Å²) in [6, 6.07) is 76.9. The molecule has 0 saturated carbocycles. The second kappa shape index (κ2) is 12.6. The second-order valence-corrected chi connectivity index (χ2v) is 14.2. The lowest BCUT2D eigenvalue weighted by Gasteiger charge is -2.27. The predicted octanol–water partition coefficient (Wildman–Crippen LogP) is 14.2. The number of benzene rings is 9. The van der Waals surface area contributed by atoms with Gasteiger partial charge in [0.05, 0.1) is 27.8 Å². The molecule has 0 aliphatic carbocycles. The van der Waals surface area contributed by atoms with Crippen molar-refractivity contribution >= 4 is 71.4 Å². The van der Waals surface area contributed by atoms with Crippen LogP contribution in [0.25, 0.3) is 76.9 Å². The fraction of sp³-hybridized carbons (Fsp3) is 0. The summed E-state index contributed by atoms with van der Waals surface area (Å²) in [5, 5.41) is 7.47. The SMILES string of the molecule is c1ccc(-n2c3ccccc3c3cccc(N(c4ccc(-c5cccc6ccccc56)cc4)c4ccc(-n5c6ccccc6c6ccccc65)cc4)c32)cc1. The zero-order valence-electron chi connectivity index (χ0n) is 30.0. The van der Waals surface area contributed by atoms with Gasteiger partial charge in [0, 0.05) is 44.3 Å². The quantitative estimate of drug-likeness (QED) is 0.168. The van der Waals surface area contributed by atoms with Crippen molar-refractivity contribution in [3.8, 4) is 22.5 Å². The van der Waals surface area contributed by atoms with Gasteiger partial charge in [-0.05, 0) is 94.7 Å². The van der Waals surface area contributed by atoms with Gasteiger partial charge in [-0.25, -0.2) is 0 Å². The molecule has 0 N–H and O–H groups in total. The number of rotatable bonds is 6. The van der Waals surface area contributed by atoms with Gasteiger partial charge in [0.1, 0.15) is 0 Å². The van der Waals surface area contributed by atoms with Gasteiger partial charge >= 0.3 is 0 Å². The Bertz CT molecular complexity index is 3130. The summed E-state index contributed by atoms with van der Waals surface area (Å²) in [6.45, 7) is 0. The minimum atomic E-state index is 1.08. The minimum absolute atomic E-state index is 1.08. The van der Waals surface area contributed by atoms with Gasteiger partial charge in [-0.2, -0.15) is 0 Å². The Kier molecular flexibility index (Phi) is 7.17. The molecule has 258 valence electrons. The van der Waals surface area contributed by atoms with Gasteiger partial charge in [-0.3, -0.25) is 0 Å². The molecule has 0 aliphatic heterocycles. The summed E-state index contributed by atoms with van der Waals surface area (Å²) in [5.74, 6) is 0. The first-order valence-corrected chi connectivity index (χ1v) is 18.9. The molecule has 0 saturated heterocycles. The van der Waals surface area contributed by atoms with Crippen LogP contribution in [0.15, 0.2) is 212 Å². The summed E-state index contributed by atoms with van der Waals surface area (Å²) in [7, 11) is 0. The molecule has 0 amide bonds. The number of nitrogens with zero attached hydrogens (tertiary/aromatic N) is 3. The van der Waals surface area contributed by atoms with E-state index in [1.807, 2.05) is 0 Å².